The van der Waals surface area contributed by atoms with Crippen LogP contribution in [0.5, 0.6) is 0 Å². The van der Waals surface area contributed by atoms with Crippen molar-refractivity contribution >= 4 is 23.1 Å². The van der Waals surface area contributed by atoms with Crippen LogP contribution in [0.3, 0.4) is 0 Å². The maximum atomic E-state index is 11.9. The second-order valence-corrected chi connectivity index (χ2v) is 5.10. The number of Topliss-reactive ketones (excluding diaryl/α,β-unsaturated/α-hetero) is 1. The zero-order valence-electron chi connectivity index (χ0n) is 12.6. The molecule has 0 fully saturated rings. The van der Waals surface area contributed by atoms with Gasteiger partial charge < -0.3 is 5.32 Å². The molecule has 118 valence electrons. The van der Waals surface area contributed by atoms with Crippen molar-refractivity contribution in [2.45, 2.75) is 19.8 Å². The van der Waals surface area contributed by atoms with E-state index in [4.69, 9.17) is 0 Å². The summed E-state index contributed by atoms with van der Waals surface area (Å²) in [6.07, 6.45) is 0.110. The molecule has 6 nitrogen and oxygen atoms in total. The van der Waals surface area contributed by atoms with E-state index in [1.165, 1.54) is 6.07 Å². The molecular weight excluding hydrogens is 296 g/mol. The van der Waals surface area contributed by atoms with Crippen LogP contribution in [0.1, 0.15) is 28.8 Å². The van der Waals surface area contributed by atoms with Crippen LogP contribution in [-0.4, -0.2) is 16.6 Å². The Bertz CT molecular complexity index is 742. The number of rotatable bonds is 6. The number of hydrogen-bond acceptors (Lipinski definition) is 4. The van der Waals surface area contributed by atoms with Gasteiger partial charge in [-0.25, -0.2) is 0 Å². The second kappa shape index (κ2) is 7.31. The Morgan fingerprint density at radius 1 is 1.09 bits per heavy atom. The first-order valence-electron chi connectivity index (χ1n) is 7.10. The number of carbonyl (C=O) groups is 2. The minimum Gasteiger partial charge on any atom is -0.326 e. The van der Waals surface area contributed by atoms with E-state index in [1.807, 2.05) is 6.07 Å². The van der Waals surface area contributed by atoms with Crippen LogP contribution in [0.25, 0.3) is 0 Å². The summed E-state index contributed by atoms with van der Waals surface area (Å²) in [6.45, 7) is 1.63. The molecule has 0 unspecified atom stereocenters. The lowest BCUT2D eigenvalue weighted by molar-refractivity contribution is -0.385. The summed E-state index contributed by atoms with van der Waals surface area (Å²) in [6, 6.07) is 13.2. The highest BCUT2D eigenvalue weighted by molar-refractivity contribution is 6.00. The number of nitrogens with one attached hydrogen (secondary N) is 1. The van der Waals surface area contributed by atoms with Gasteiger partial charge >= 0.3 is 0 Å². The number of ketones is 1. The predicted octanol–water partition coefficient (Wildman–Crippen LogP) is 3.50. The van der Waals surface area contributed by atoms with Gasteiger partial charge in [-0.2, -0.15) is 0 Å². The van der Waals surface area contributed by atoms with Crippen molar-refractivity contribution < 1.29 is 14.5 Å². The van der Waals surface area contributed by atoms with Gasteiger partial charge in [0.25, 0.3) is 5.69 Å². The van der Waals surface area contributed by atoms with Gasteiger partial charge in [-0.1, -0.05) is 36.4 Å². The van der Waals surface area contributed by atoms with Crippen molar-refractivity contribution in [2.75, 3.05) is 5.32 Å². The van der Waals surface area contributed by atoms with E-state index < -0.39 is 4.92 Å². The van der Waals surface area contributed by atoms with Gasteiger partial charge in [0.15, 0.2) is 5.78 Å². The number of amides is 1. The average Bonchev–Trinajstić information content (AvgIpc) is 2.55. The second-order valence-electron chi connectivity index (χ2n) is 5.10. The van der Waals surface area contributed by atoms with E-state index in [-0.39, 0.29) is 30.2 Å². The molecule has 0 saturated heterocycles. The van der Waals surface area contributed by atoms with Crippen molar-refractivity contribution in [3.05, 3.63) is 69.8 Å². The summed E-state index contributed by atoms with van der Waals surface area (Å²) >= 11 is 0. The number of anilines is 1. The number of nitro benzene ring substituents is 1. The fourth-order valence-electron chi connectivity index (χ4n) is 2.10. The largest absolute Gasteiger partial charge is 0.326 e. The lowest BCUT2D eigenvalue weighted by Gasteiger charge is -2.06. The summed E-state index contributed by atoms with van der Waals surface area (Å²) in [4.78, 5) is 34.2. The Hall–Kier alpha value is -3.02. The number of nitro groups is 1. The van der Waals surface area contributed by atoms with Crippen LogP contribution in [0.2, 0.25) is 0 Å². The molecule has 0 aliphatic heterocycles. The van der Waals surface area contributed by atoms with Crippen molar-refractivity contribution in [3.63, 3.8) is 0 Å². The molecule has 0 saturated carbocycles. The Morgan fingerprint density at radius 3 is 2.43 bits per heavy atom. The summed E-state index contributed by atoms with van der Waals surface area (Å²) in [7, 11) is 0. The zero-order chi connectivity index (χ0) is 16.8. The van der Waals surface area contributed by atoms with Crippen LogP contribution in [0.15, 0.2) is 48.5 Å². The smallest absolute Gasteiger partial charge is 0.274 e. The summed E-state index contributed by atoms with van der Waals surface area (Å²) < 4.78 is 0. The number of benzene rings is 2. The van der Waals surface area contributed by atoms with Gasteiger partial charge in [0, 0.05) is 35.7 Å². The van der Waals surface area contributed by atoms with Gasteiger partial charge in [0.05, 0.1) is 4.92 Å². The molecule has 0 atom stereocenters. The summed E-state index contributed by atoms with van der Waals surface area (Å²) in [5.41, 5.74) is 1.38. The third-order valence-corrected chi connectivity index (χ3v) is 3.36. The van der Waals surface area contributed by atoms with Gasteiger partial charge in [-0.05, 0) is 13.0 Å². The molecule has 6 heteroatoms. The van der Waals surface area contributed by atoms with Crippen LogP contribution in [0, 0.1) is 17.0 Å². The topological polar surface area (TPSA) is 89.3 Å². The van der Waals surface area contributed by atoms with Gasteiger partial charge in [0.1, 0.15) is 0 Å². The van der Waals surface area contributed by atoms with Crippen LogP contribution in [-0.2, 0) is 4.79 Å². The first-order chi connectivity index (χ1) is 11.0. The molecule has 0 aliphatic carbocycles. The van der Waals surface area contributed by atoms with Crippen molar-refractivity contribution in [1.82, 2.24) is 0 Å². The van der Waals surface area contributed by atoms with E-state index in [0.29, 0.717) is 16.8 Å². The number of hydrogen-bond donors (Lipinski definition) is 1. The highest BCUT2D eigenvalue weighted by Gasteiger charge is 2.13. The predicted molar refractivity (Wildman–Crippen MR) is 86.5 cm³/mol. The Balaban J connectivity index is 1.94. The summed E-state index contributed by atoms with van der Waals surface area (Å²) in [5.74, 6) is -0.469. The maximum absolute atomic E-state index is 11.9. The highest BCUT2D eigenvalue weighted by atomic mass is 16.6. The normalized spacial score (nSPS) is 10.1. The molecule has 0 spiro atoms. The molecule has 23 heavy (non-hydrogen) atoms. The quantitative estimate of drug-likeness (QED) is 0.502. The first-order valence-corrected chi connectivity index (χ1v) is 7.10. The van der Waals surface area contributed by atoms with Gasteiger partial charge in [-0.3, -0.25) is 19.7 Å². The molecule has 0 aliphatic rings. The highest BCUT2D eigenvalue weighted by Crippen LogP contribution is 2.22. The summed E-state index contributed by atoms with van der Waals surface area (Å²) in [5, 5.41) is 13.5. The molecule has 1 N–H and O–H groups in total. The maximum Gasteiger partial charge on any atom is 0.274 e. The first kappa shape index (κ1) is 16.4. The minimum atomic E-state index is -0.496. The average molecular weight is 312 g/mol. The number of aryl methyl sites for hydroxylation is 1. The van der Waals surface area contributed by atoms with Crippen molar-refractivity contribution in [1.29, 1.82) is 0 Å². The Morgan fingerprint density at radius 2 is 1.78 bits per heavy atom. The third-order valence-electron chi connectivity index (χ3n) is 3.36. The molecule has 0 heterocycles. The fourth-order valence-corrected chi connectivity index (χ4v) is 2.10. The van der Waals surface area contributed by atoms with E-state index >= 15 is 0 Å². The molecule has 0 bridgehead atoms. The monoisotopic (exact) mass is 312 g/mol. The lowest BCUT2D eigenvalue weighted by atomic mass is 10.1. The molecule has 1 amide bonds. The molecule has 0 aromatic heterocycles. The molecule has 2 aromatic rings. The van der Waals surface area contributed by atoms with Gasteiger partial charge in [-0.15, -0.1) is 0 Å². The Kier molecular flexibility index (Phi) is 5.19. The molecule has 2 rings (SSSR count). The lowest BCUT2D eigenvalue weighted by Crippen LogP contribution is -2.13. The standard InChI is InChI=1S/C17H16N2O4/c1-12-7-8-14(11-15(12)19(22)23)18-17(21)10-9-16(20)13-5-3-2-4-6-13/h2-8,11H,9-10H2,1H3,(H,18,21). The Labute approximate surface area is 133 Å². The molecule has 2 aromatic carbocycles. The van der Waals surface area contributed by atoms with Crippen LogP contribution >= 0.6 is 0 Å². The fraction of sp³-hybridized carbons (Fsp3) is 0.176. The van der Waals surface area contributed by atoms with E-state index in [9.17, 15) is 19.7 Å². The van der Waals surface area contributed by atoms with E-state index in [1.54, 1.807) is 43.3 Å². The van der Waals surface area contributed by atoms with E-state index in [0.717, 1.165) is 0 Å². The van der Waals surface area contributed by atoms with Gasteiger partial charge in [0.2, 0.25) is 5.91 Å². The van der Waals surface area contributed by atoms with E-state index in [2.05, 4.69) is 5.32 Å². The zero-order valence-corrected chi connectivity index (χ0v) is 12.6. The van der Waals surface area contributed by atoms with Crippen LogP contribution < -0.4 is 5.32 Å². The van der Waals surface area contributed by atoms with Crippen LogP contribution in [0.4, 0.5) is 11.4 Å². The minimum absolute atomic E-state index is 0.0232. The number of carbonyl (C=O) groups excluding carboxylic acids is 2. The van der Waals surface area contributed by atoms with Crippen molar-refractivity contribution in [3.8, 4) is 0 Å². The molecular formula is C17H16N2O4. The third kappa shape index (κ3) is 4.47. The van der Waals surface area contributed by atoms with Crippen molar-refractivity contribution in [2.24, 2.45) is 0 Å². The number of nitrogens with zero attached hydrogens (tertiary/aromatic N) is 1. The molecule has 0 radical (unpaired) electrons. The SMILES string of the molecule is Cc1ccc(NC(=O)CCC(=O)c2ccccc2)cc1[N+](=O)[O-].